The number of fused-ring (bicyclic) bond motifs is 2. The molecule has 5 nitrogen and oxygen atoms in total. The molecule has 26 heavy (non-hydrogen) atoms. The molecule has 0 bridgehead atoms. The van der Waals surface area contributed by atoms with Gasteiger partial charge in [0.1, 0.15) is 0 Å². The van der Waals surface area contributed by atoms with Crippen LogP contribution in [0.15, 0.2) is 71.0 Å². The fourth-order valence-corrected chi connectivity index (χ4v) is 3.38. The van der Waals surface area contributed by atoms with Crippen LogP contribution in [0.5, 0.6) is 0 Å². The minimum Gasteiger partial charge on any atom is -0.361 e. The van der Waals surface area contributed by atoms with Gasteiger partial charge in [0.25, 0.3) is 5.91 Å². The topological polar surface area (TPSA) is 74.3 Å². The standard InChI is InChI=1S/C21H19N3O2/c1-12(2)17-11-20(25)24-19-10-15(5-6-16(17)19)23-21(26)14-4-3-13-7-8-22-18(13)9-14/h3-12,16,22H,1-2H3,(H,24,25). The van der Waals surface area contributed by atoms with E-state index in [1.807, 2.05) is 30.5 Å². The lowest BCUT2D eigenvalue weighted by Crippen LogP contribution is -2.34. The van der Waals surface area contributed by atoms with E-state index in [1.54, 1.807) is 24.3 Å². The highest BCUT2D eigenvalue weighted by Crippen LogP contribution is 2.31. The van der Waals surface area contributed by atoms with Gasteiger partial charge in [0.2, 0.25) is 5.91 Å². The zero-order valence-corrected chi connectivity index (χ0v) is 14.6. The van der Waals surface area contributed by atoms with Gasteiger partial charge in [-0.15, -0.1) is 0 Å². The summed E-state index contributed by atoms with van der Waals surface area (Å²) in [6.45, 7) is 4.14. The molecule has 1 unspecified atom stereocenters. The predicted molar refractivity (Wildman–Crippen MR) is 102 cm³/mol. The largest absolute Gasteiger partial charge is 0.361 e. The van der Waals surface area contributed by atoms with Crippen LogP contribution in [0.3, 0.4) is 0 Å². The summed E-state index contributed by atoms with van der Waals surface area (Å²) >= 11 is 0. The van der Waals surface area contributed by atoms with E-state index in [4.69, 9.17) is 0 Å². The van der Waals surface area contributed by atoms with Gasteiger partial charge in [-0.2, -0.15) is 0 Å². The molecule has 0 spiro atoms. The van der Waals surface area contributed by atoms with Crippen molar-refractivity contribution < 1.29 is 9.59 Å². The summed E-state index contributed by atoms with van der Waals surface area (Å²) in [6, 6.07) is 7.42. The van der Waals surface area contributed by atoms with Crippen LogP contribution in [-0.4, -0.2) is 22.5 Å². The number of aromatic nitrogens is 1. The molecule has 0 fully saturated rings. The number of aromatic amines is 1. The summed E-state index contributed by atoms with van der Waals surface area (Å²) < 4.78 is 0. The van der Waals surface area contributed by atoms with Gasteiger partial charge in [0, 0.05) is 35.0 Å². The van der Waals surface area contributed by atoms with Crippen molar-refractivity contribution in [3.63, 3.8) is 0 Å². The third-order valence-electron chi connectivity index (χ3n) is 4.72. The van der Waals surface area contributed by atoms with E-state index in [2.05, 4.69) is 29.1 Å². The molecular weight excluding hydrogens is 326 g/mol. The van der Waals surface area contributed by atoms with Crippen molar-refractivity contribution in [3.8, 4) is 0 Å². The Kier molecular flexibility index (Phi) is 3.92. The summed E-state index contributed by atoms with van der Waals surface area (Å²) in [4.78, 5) is 31.7. The van der Waals surface area contributed by atoms with Crippen LogP contribution in [0.2, 0.25) is 0 Å². The van der Waals surface area contributed by atoms with Gasteiger partial charge in [-0.1, -0.05) is 26.0 Å². The fourth-order valence-electron chi connectivity index (χ4n) is 3.38. The third-order valence-corrected chi connectivity index (χ3v) is 4.72. The Hall–Kier alpha value is -3.21. The van der Waals surface area contributed by atoms with Gasteiger partial charge >= 0.3 is 0 Å². The minimum atomic E-state index is -0.307. The quantitative estimate of drug-likeness (QED) is 0.874. The van der Waals surface area contributed by atoms with Crippen LogP contribution in [-0.2, 0) is 4.79 Å². The van der Waals surface area contributed by atoms with E-state index >= 15 is 0 Å². The molecule has 2 N–H and O–H groups in total. The van der Waals surface area contributed by atoms with Crippen LogP contribution in [0.4, 0.5) is 0 Å². The molecule has 2 aliphatic rings. The molecule has 0 radical (unpaired) electrons. The number of carbonyl (C=O) groups excluding carboxylic acids is 2. The Morgan fingerprint density at radius 1 is 1.19 bits per heavy atom. The zero-order valence-electron chi connectivity index (χ0n) is 14.6. The number of nitrogens with zero attached hydrogens (tertiary/aromatic N) is 1. The van der Waals surface area contributed by atoms with E-state index in [0.29, 0.717) is 11.3 Å². The van der Waals surface area contributed by atoms with Crippen LogP contribution in [0.1, 0.15) is 24.2 Å². The second-order valence-corrected chi connectivity index (χ2v) is 6.85. The van der Waals surface area contributed by atoms with Crippen molar-refractivity contribution in [2.75, 3.05) is 0 Å². The van der Waals surface area contributed by atoms with Gasteiger partial charge < -0.3 is 10.3 Å². The van der Waals surface area contributed by atoms with Gasteiger partial charge in [0.05, 0.1) is 5.71 Å². The number of hydrogen-bond donors (Lipinski definition) is 2. The first-order chi connectivity index (χ1) is 12.5. The first-order valence-electron chi connectivity index (χ1n) is 8.63. The molecule has 1 aromatic heterocycles. The SMILES string of the molecule is CC(C)C1=CC(=O)NC2=CC(=NC(=O)c3ccc4cc[nH]c4c3)C=CC21. The van der Waals surface area contributed by atoms with Crippen LogP contribution >= 0.6 is 0 Å². The van der Waals surface area contributed by atoms with Crippen molar-refractivity contribution >= 4 is 28.4 Å². The van der Waals surface area contributed by atoms with Gasteiger partial charge in [0.15, 0.2) is 0 Å². The molecule has 5 heteroatoms. The molecule has 130 valence electrons. The molecule has 0 saturated carbocycles. The van der Waals surface area contributed by atoms with Crippen LogP contribution < -0.4 is 5.32 Å². The summed E-state index contributed by atoms with van der Waals surface area (Å²) in [7, 11) is 0. The normalized spacial score (nSPS) is 20.8. The highest BCUT2D eigenvalue weighted by Gasteiger charge is 2.27. The zero-order chi connectivity index (χ0) is 18.3. The lowest BCUT2D eigenvalue weighted by atomic mass is 9.82. The maximum Gasteiger partial charge on any atom is 0.277 e. The number of benzene rings is 1. The van der Waals surface area contributed by atoms with E-state index in [9.17, 15) is 9.59 Å². The highest BCUT2D eigenvalue weighted by atomic mass is 16.2. The monoisotopic (exact) mass is 345 g/mol. The maximum absolute atomic E-state index is 12.5. The van der Waals surface area contributed by atoms with Crippen LogP contribution in [0, 0.1) is 11.8 Å². The van der Waals surface area contributed by atoms with Gasteiger partial charge in [-0.25, -0.2) is 4.99 Å². The van der Waals surface area contributed by atoms with Crippen molar-refractivity contribution in [1.82, 2.24) is 10.3 Å². The number of amides is 2. The number of aliphatic imine (C=N–C) groups is 1. The lowest BCUT2D eigenvalue weighted by molar-refractivity contribution is -0.116. The molecular formula is C21H19N3O2. The second kappa shape index (κ2) is 6.26. The number of allylic oxidation sites excluding steroid dienone is 3. The molecule has 0 saturated heterocycles. The van der Waals surface area contributed by atoms with Crippen molar-refractivity contribution in [1.29, 1.82) is 0 Å². The smallest absolute Gasteiger partial charge is 0.277 e. The number of H-pyrrole nitrogens is 1. The van der Waals surface area contributed by atoms with E-state index in [1.165, 1.54) is 0 Å². The number of rotatable bonds is 2. The Labute approximate surface area is 151 Å². The first-order valence-corrected chi connectivity index (χ1v) is 8.63. The number of hydrogen-bond acceptors (Lipinski definition) is 2. The molecule has 2 heterocycles. The molecule has 1 atom stereocenters. The maximum atomic E-state index is 12.5. The molecule has 4 rings (SSSR count). The lowest BCUT2D eigenvalue weighted by Gasteiger charge is -2.29. The molecule has 1 aromatic carbocycles. The Morgan fingerprint density at radius 2 is 2.04 bits per heavy atom. The number of nitrogens with one attached hydrogen (secondary N) is 2. The third kappa shape index (κ3) is 2.92. The van der Waals surface area contributed by atoms with Gasteiger partial charge in [-0.3, -0.25) is 9.59 Å². The van der Waals surface area contributed by atoms with Crippen molar-refractivity contribution in [3.05, 3.63) is 71.6 Å². The summed E-state index contributed by atoms with van der Waals surface area (Å²) in [5.74, 6) is -0.128. The van der Waals surface area contributed by atoms with Crippen molar-refractivity contribution in [2.45, 2.75) is 13.8 Å². The Bertz CT molecular complexity index is 1030. The predicted octanol–water partition coefficient (Wildman–Crippen LogP) is 3.53. The molecule has 2 amide bonds. The van der Waals surface area contributed by atoms with Crippen molar-refractivity contribution in [2.24, 2.45) is 16.8 Å². The van der Waals surface area contributed by atoms with E-state index < -0.39 is 0 Å². The Morgan fingerprint density at radius 3 is 2.85 bits per heavy atom. The first kappa shape index (κ1) is 16.3. The van der Waals surface area contributed by atoms with Crippen LogP contribution in [0.25, 0.3) is 10.9 Å². The average molecular weight is 345 g/mol. The van der Waals surface area contributed by atoms with E-state index in [0.717, 1.165) is 22.2 Å². The molecule has 2 aromatic rings. The summed E-state index contributed by atoms with van der Waals surface area (Å²) in [5, 5.41) is 3.91. The van der Waals surface area contributed by atoms with Gasteiger partial charge in [-0.05, 0) is 47.2 Å². The molecule has 1 aliphatic heterocycles. The highest BCUT2D eigenvalue weighted by molar-refractivity contribution is 6.14. The fraction of sp³-hybridized carbons (Fsp3) is 0.190. The average Bonchev–Trinajstić information content (AvgIpc) is 3.08. The summed E-state index contributed by atoms with van der Waals surface area (Å²) in [5.41, 5.74) is 3.81. The number of carbonyl (C=O) groups is 2. The Balaban J connectivity index is 1.63. The molecule has 1 aliphatic carbocycles. The summed E-state index contributed by atoms with van der Waals surface area (Å²) in [6.07, 6.45) is 9.11. The second-order valence-electron chi connectivity index (χ2n) is 6.85. The van der Waals surface area contributed by atoms with E-state index in [-0.39, 0.29) is 23.7 Å². The minimum absolute atomic E-state index is 0.0389.